The standard InChI is InChI=1S/C9H10N2O2S/c10-9(13)6-2-1-3-7(4-6)11-8(12)5-14/h1-4,14H,5H2,(H2,10,13)(H,11,12). The first kappa shape index (κ1) is 10.6. The molecule has 0 bridgehead atoms. The van der Waals surface area contributed by atoms with Crippen molar-refractivity contribution in [3.8, 4) is 0 Å². The Hall–Kier alpha value is -1.49. The highest BCUT2D eigenvalue weighted by atomic mass is 32.1. The lowest BCUT2D eigenvalue weighted by Crippen LogP contribution is -2.14. The second-order valence-corrected chi connectivity index (χ2v) is 2.97. The smallest absolute Gasteiger partial charge is 0.248 e. The summed E-state index contributed by atoms with van der Waals surface area (Å²) in [4.78, 5) is 21.8. The van der Waals surface area contributed by atoms with Crippen molar-refractivity contribution in [1.82, 2.24) is 0 Å². The SMILES string of the molecule is NC(=O)c1cccc(NC(=O)CS)c1. The maximum absolute atomic E-state index is 11.0. The molecule has 1 aromatic carbocycles. The van der Waals surface area contributed by atoms with Gasteiger partial charge in [-0.3, -0.25) is 9.59 Å². The van der Waals surface area contributed by atoms with E-state index in [9.17, 15) is 9.59 Å². The molecule has 0 aliphatic rings. The number of carbonyl (C=O) groups excluding carboxylic acids is 2. The average molecular weight is 210 g/mol. The molecule has 0 heterocycles. The van der Waals surface area contributed by atoms with E-state index in [0.717, 1.165) is 0 Å². The van der Waals surface area contributed by atoms with Crippen LogP contribution < -0.4 is 11.1 Å². The van der Waals surface area contributed by atoms with Gasteiger partial charge in [-0.25, -0.2) is 0 Å². The van der Waals surface area contributed by atoms with Crippen molar-refractivity contribution in [3.63, 3.8) is 0 Å². The summed E-state index contributed by atoms with van der Waals surface area (Å²) < 4.78 is 0. The third kappa shape index (κ3) is 2.77. The van der Waals surface area contributed by atoms with Gasteiger partial charge in [0.15, 0.2) is 0 Å². The van der Waals surface area contributed by atoms with Gasteiger partial charge in [-0.15, -0.1) is 0 Å². The Kier molecular flexibility index (Phi) is 3.53. The molecule has 5 heteroatoms. The normalized spacial score (nSPS) is 9.50. The molecule has 3 N–H and O–H groups in total. The van der Waals surface area contributed by atoms with E-state index < -0.39 is 5.91 Å². The highest BCUT2D eigenvalue weighted by Gasteiger charge is 2.03. The lowest BCUT2D eigenvalue weighted by molar-refractivity contribution is -0.113. The zero-order valence-corrected chi connectivity index (χ0v) is 8.25. The van der Waals surface area contributed by atoms with Crippen molar-refractivity contribution in [2.24, 2.45) is 5.73 Å². The Balaban J connectivity index is 2.83. The zero-order chi connectivity index (χ0) is 10.6. The van der Waals surface area contributed by atoms with Crippen LogP contribution in [-0.4, -0.2) is 17.6 Å². The van der Waals surface area contributed by atoms with Gasteiger partial charge in [-0.2, -0.15) is 12.6 Å². The molecule has 74 valence electrons. The summed E-state index contributed by atoms with van der Waals surface area (Å²) in [6.07, 6.45) is 0. The second kappa shape index (κ2) is 4.66. The monoisotopic (exact) mass is 210 g/mol. The topological polar surface area (TPSA) is 72.2 Å². The molecule has 0 radical (unpaired) electrons. The van der Waals surface area contributed by atoms with Crippen molar-refractivity contribution in [2.75, 3.05) is 11.1 Å². The molecule has 0 atom stereocenters. The highest BCUT2D eigenvalue weighted by Crippen LogP contribution is 2.09. The van der Waals surface area contributed by atoms with Crippen molar-refractivity contribution in [3.05, 3.63) is 29.8 Å². The minimum Gasteiger partial charge on any atom is -0.366 e. The average Bonchev–Trinajstić information content (AvgIpc) is 2.18. The Morgan fingerprint density at radius 1 is 1.43 bits per heavy atom. The molecule has 0 saturated heterocycles. The predicted octanol–water partition coefficient (Wildman–Crippen LogP) is 0.654. The molecule has 1 aromatic rings. The van der Waals surface area contributed by atoms with Gasteiger partial charge in [-0.1, -0.05) is 6.07 Å². The van der Waals surface area contributed by atoms with Crippen LogP contribution in [0.5, 0.6) is 0 Å². The van der Waals surface area contributed by atoms with Crippen LogP contribution in [0.25, 0.3) is 0 Å². The van der Waals surface area contributed by atoms with Crippen LogP contribution in [0.4, 0.5) is 5.69 Å². The van der Waals surface area contributed by atoms with E-state index >= 15 is 0 Å². The number of anilines is 1. The summed E-state index contributed by atoms with van der Waals surface area (Å²) in [5.74, 6) is -0.650. The molecule has 0 aliphatic heterocycles. The van der Waals surface area contributed by atoms with Gasteiger partial charge >= 0.3 is 0 Å². The van der Waals surface area contributed by atoms with E-state index in [1.54, 1.807) is 18.2 Å². The van der Waals surface area contributed by atoms with Gasteiger partial charge in [0.05, 0.1) is 5.75 Å². The molecular formula is C9H10N2O2S. The molecule has 0 aliphatic carbocycles. The molecule has 0 aromatic heterocycles. The summed E-state index contributed by atoms with van der Waals surface area (Å²) in [7, 11) is 0. The Labute approximate surface area is 86.9 Å². The number of hydrogen-bond acceptors (Lipinski definition) is 3. The van der Waals surface area contributed by atoms with E-state index in [0.29, 0.717) is 11.3 Å². The third-order valence-electron chi connectivity index (χ3n) is 1.57. The fourth-order valence-electron chi connectivity index (χ4n) is 0.951. The molecule has 2 amide bonds. The van der Waals surface area contributed by atoms with Crippen LogP contribution in [0, 0.1) is 0 Å². The molecule has 1 rings (SSSR count). The first-order valence-corrected chi connectivity index (χ1v) is 4.57. The third-order valence-corrected chi connectivity index (χ3v) is 1.86. The minimum absolute atomic E-state index is 0.0980. The van der Waals surface area contributed by atoms with Gasteiger partial charge in [0, 0.05) is 11.3 Å². The van der Waals surface area contributed by atoms with Crippen molar-refractivity contribution in [2.45, 2.75) is 0 Å². The number of hydrogen-bond donors (Lipinski definition) is 3. The molecule has 14 heavy (non-hydrogen) atoms. The summed E-state index contributed by atoms with van der Waals surface area (Å²) in [6, 6.07) is 6.42. The van der Waals surface area contributed by atoms with Gasteiger partial charge in [-0.05, 0) is 18.2 Å². The van der Waals surface area contributed by atoms with E-state index in [4.69, 9.17) is 5.73 Å². The van der Waals surface area contributed by atoms with E-state index in [2.05, 4.69) is 17.9 Å². The van der Waals surface area contributed by atoms with Crippen LogP contribution >= 0.6 is 12.6 Å². The van der Waals surface area contributed by atoms with Crippen molar-refractivity contribution >= 4 is 30.1 Å². The van der Waals surface area contributed by atoms with Crippen LogP contribution in [-0.2, 0) is 4.79 Å². The quantitative estimate of drug-likeness (QED) is 0.641. The second-order valence-electron chi connectivity index (χ2n) is 2.65. The zero-order valence-electron chi connectivity index (χ0n) is 7.36. The van der Waals surface area contributed by atoms with Crippen molar-refractivity contribution < 1.29 is 9.59 Å². The summed E-state index contributed by atoms with van der Waals surface area (Å²) in [6.45, 7) is 0. The largest absolute Gasteiger partial charge is 0.366 e. The number of amides is 2. The van der Waals surface area contributed by atoms with Crippen LogP contribution in [0.15, 0.2) is 24.3 Å². The van der Waals surface area contributed by atoms with E-state index in [-0.39, 0.29) is 11.7 Å². The number of thiol groups is 1. The number of primary amides is 1. The maximum atomic E-state index is 11.0. The lowest BCUT2D eigenvalue weighted by atomic mass is 10.2. The van der Waals surface area contributed by atoms with Gasteiger partial charge in [0.25, 0.3) is 0 Å². The maximum Gasteiger partial charge on any atom is 0.248 e. The first-order valence-electron chi connectivity index (χ1n) is 3.94. The van der Waals surface area contributed by atoms with Crippen LogP contribution in [0.1, 0.15) is 10.4 Å². The number of nitrogens with two attached hydrogens (primary N) is 1. The number of benzene rings is 1. The molecule has 4 nitrogen and oxygen atoms in total. The minimum atomic E-state index is -0.521. The van der Waals surface area contributed by atoms with Gasteiger partial charge in [0.1, 0.15) is 0 Å². The van der Waals surface area contributed by atoms with Gasteiger partial charge in [0.2, 0.25) is 11.8 Å². The first-order chi connectivity index (χ1) is 6.63. The number of carbonyl (C=O) groups is 2. The molecule has 0 unspecified atom stereocenters. The van der Waals surface area contributed by atoms with Crippen LogP contribution in [0.2, 0.25) is 0 Å². The summed E-state index contributed by atoms with van der Waals surface area (Å²) in [5, 5.41) is 2.56. The fraction of sp³-hybridized carbons (Fsp3) is 0.111. The lowest BCUT2D eigenvalue weighted by Gasteiger charge is -2.03. The summed E-state index contributed by atoms with van der Waals surface area (Å²) >= 11 is 3.81. The number of rotatable bonds is 3. The molecule has 0 spiro atoms. The van der Waals surface area contributed by atoms with E-state index in [1.807, 2.05) is 0 Å². The predicted molar refractivity (Wildman–Crippen MR) is 57.4 cm³/mol. The highest BCUT2D eigenvalue weighted by molar-refractivity contribution is 7.81. The molecular weight excluding hydrogens is 200 g/mol. The van der Waals surface area contributed by atoms with Gasteiger partial charge < -0.3 is 11.1 Å². The van der Waals surface area contributed by atoms with Crippen LogP contribution in [0.3, 0.4) is 0 Å². The Bertz CT molecular complexity index is 366. The molecule has 0 saturated carbocycles. The van der Waals surface area contributed by atoms with Crippen molar-refractivity contribution in [1.29, 1.82) is 0 Å². The molecule has 0 fully saturated rings. The number of nitrogens with one attached hydrogen (secondary N) is 1. The summed E-state index contributed by atoms with van der Waals surface area (Å²) in [5.41, 5.74) is 5.98. The van der Waals surface area contributed by atoms with E-state index in [1.165, 1.54) is 6.07 Å². The fourth-order valence-corrected chi connectivity index (χ4v) is 1.03. The Morgan fingerprint density at radius 2 is 2.14 bits per heavy atom. The Morgan fingerprint density at radius 3 is 2.71 bits per heavy atom.